The van der Waals surface area contributed by atoms with Crippen molar-refractivity contribution in [2.75, 3.05) is 20.2 Å². The molecule has 0 unspecified atom stereocenters. The van der Waals surface area contributed by atoms with E-state index in [-0.39, 0.29) is 5.82 Å². The lowest BCUT2D eigenvalue weighted by Gasteiger charge is -2.07. The molecule has 3 heteroatoms. The Kier molecular flexibility index (Phi) is 2.50. The Bertz CT molecular complexity index is 374. The highest BCUT2D eigenvalue weighted by Gasteiger charge is 2.13. The van der Waals surface area contributed by atoms with Crippen LogP contribution in [-0.2, 0) is 0 Å². The largest absolute Gasteiger partial charge is 0.494 e. The molecule has 74 valence electrons. The number of hydrogen-bond acceptors (Lipinski definition) is 2. The van der Waals surface area contributed by atoms with Crippen molar-refractivity contribution in [1.29, 1.82) is 0 Å². The van der Waals surface area contributed by atoms with Crippen molar-refractivity contribution in [2.45, 2.75) is 0 Å². The lowest BCUT2D eigenvalue weighted by Crippen LogP contribution is -2.08. The van der Waals surface area contributed by atoms with E-state index in [2.05, 4.69) is 5.32 Å². The van der Waals surface area contributed by atoms with Crippen LogP contribution in [-0.4, -0.2) is 20.2 Å². The molecule has 0 saturated carbocycles. The van der Waals surface area contributed by atoms with Gasteiger partial charge in [-0.1, -0.05) is 18.2 Å². The summed E-state index contributed by atoms with van der Waals surface area (Å²) in [6.07, 6.45) is 2.00. The Labute approximate surface area is 82.4 Å². The maximum Gasteiger partial charge on any atom is 0.172 e. The number of ether oxygens (including phenoxy) is 1. The second-order valence-electron chi connectivity index (χ2n) is 3.18. The third-order valence-corrected chi connectivity index (χ3v) is 2.34. The maximum atomic E-state index is 13.7. The van der Waals surface area contributed by atoms with Gasteiger partial charge in [-0.05, 0) is 11.6 Å². The van der Waals surface area contributed by atoms with E-state index in [0.717, 1.165) is 18.7 Å². The van der Waals surface area contributed by atoms with Gasteiger partial charge in [-0.3, -0.25) is 0 Å². The summed E-state index contributed by atoms with van der Waals surface area (Å²) in [5.41, 5.74) is 1.63. The van der Waals surface area contributed by atoms with Gasteiger partial charge in [-0.15, -0.1) is 0 Å². The van der Waals surface area contributed by atoms with E-state index >= 15 is 0 Å². The van der Waals surface area contributed by atoms with E-state index in [9.17, 15) is 4.39 Å². The average molecular weight is 193 g/mol. The van der Waals surface area contributed by atoms with Crippen LogP contribution in [0.4, 0.5) is 4.39 Å². The Morgan fingerprint density at radius 1 is 1.43 bits per heavy atom. The SMILES string of the molecule is COc1cccc(C2=CCNC2)c1F. The van der Waals surface area contributed by atoms with Crippen molar-refractivity contribution >= 4 is 5.57 Å². The molecule has 0 spiro atoms. The van der Waals surface area contributed by atoms with E-state index in [1.165, 1.54) is 7.11 Å². The summed E-state index contributed by atoms with van der Waals surface area (Å²) in [5.74, 6) is 0.0280. The first-order valence-corrected chi connectivity index (χ1v) is 4.55. The molecule has 0 amide bonds. The number of hydrogen-bond donors (Lipinski definition) is 1. The highest BCUT2D eigenvalue weighted by atomic mass is 19.1. The molecule has 1 aromatic rings. The molecule has 1 aliphatic rings. The van der Waals surface area contributed by atoms with Crippen molar-refractivity contribution in [3.05, 3.63) is 35.7 Å². The number of rotatable bonds is 2. The predicted molar refractivity (Wildman–Crippen MR) is 53.8 cm³/mol. The maximum absolute atomic E-state index is 13.7. The van der Waals surface area contributed by atoms with Crippen molar-refractivity contribution < 1.29 is 9.13 Å². The van der Waals surface area contributed by atoms with Crippen LogP contribution in [0.15, 0.2) is 24.3 Å². The third-order valence-electron chi connectivity index (χ3n) is 2.34. The van der Waals surface area contributed by atoms with Crippen molar-refractivity contribution in [3.63, 3.8) is 0 Å². The minimum Gasteiger partial charge on any atom is -0.494 e. The lowest BCUT2D eigenvalue weighted by atomic mass is 10.1. The van der Waals surface area contributed by atoms with Gasteiger partial charge in [0.1, 0.15) is 0 Å². The van der Waals surface area contributed by atoms with Gasteiger partial charge in [-0.25, -0.2) is 4.39 Å². The summed E-state index contributed by atoms with van der Waals surface area (Å²) in [6.45, 7) is 1.54. The van der Waals surface area contributed by atoms with Crippen LogP contribution in [0.2, 0.25) is 0 Å². The molecular formula is C11H12FNO. The van der Waals surface area contributed by atoms with Gasteiger partial charge in [0.05, 0.1) is 7.11 Å². The Hall–Kier alpha value is -1.35. The van der Waals surface area contributed by atoms with E-state index in [1.807, 2.05) is 6.08 Å². The van der Waals surface area contributed by atoms with Gasteiger partial charge in [0.25, 0.3) is 0 Å². The lowest BCUT2D eigenvalue weighted by molar-refractivity contribution is 0.386. The van der Waals surface area contributed by atoms with Gasteiger partial charge in [0.2, 0.25) is 0 Å². The minimum absolute atomic E-state index is 0.273. The van der Waals surface area contributed by atoms with Gasteiger partial charge in [0.15, 0.2) is 11.6 Å². The number of methoxy groups -OCH3 is 1. The van der Waals surface area contributed by atoms with Crippen LogP contribution in [0.3, 0.4) is 0 Å². The fourth-order valence-corrected chi connectivity index (χ4v) is 1.60. The number of nitrogens with one attached hydrogen (secondary N) is 1. The molecule has 0 atom stereocenters. The second kappa shape index (κ2) is 3.80. The van der Waals surface area contributed by atoms with Crippen LogP contribution in [0.5, 0.6) is 5.75 Å². The minimum atomic E-state index is -0.273. The van der Waals surface area contributed by atoms with Gasteiger partial charge >= 0.3 is 0 Å². The molecule has 1 aliphatic heterocycles. The van der Waals surface area contributed by atoms with E-state index in [1.54, 1.807) is 18.2 Å². The summed E-state index contributed by atoms with van der Waals surface area (Å²) in [4.78, 5) is 0. The highest BCUT2D eigenvalue weighted by Crippen LogP contribution is 2.26. The van der Waals surface area contributed by atoms with Crippen molar-refractivity contribution in [2.24, 2.45) is 0 Å². The first-order valence-electron chi connectivity index (χ1n) is 4.55. The van der Waals surface area contributed by atoms with Crippen LogP contribution in [0, 0.1) is 5.82 Å². The molecule has 0 aromatic heterocycles. The summed E-state index contributed by atoms with van der Waals surface area (Å²) in [5, 5.41) is 3.14. The van der Waals surface area contributed by atoms with Crippen molar-refractivity contribution in [1.82, 2.24) is 5.32 Å². The van der Waals surface area contributed by atoms with E-state index in [4.69, 9.17) is 4.74 Å². The van der Waals surface area contributed by atoms with E-state index in [0.29, 0.717) is 11.3 Å². The number of benzene rings is 1. The average Bonchev–Trinajstić information content (AvgIpc) is 2.71. The molecule has 0 aliphatic carbocycles. The summed E-state index contributed by atoms with van der Waals surface area (Å²) >= 11 is 0. The van der Waals surface area contributed by atoms with Crippen LogP contribution >= 0.6 is 0 Å². The summed E-state index contributed by atoms with van der Waals surface area (Å²) in [7, 11) is 1.48. The molecule has 0 bridgehead atoms. The Balaban J connectivity index is 2.42. The molecular weight excluding hydrogens is 181 g/mol. The van der Waals surface area contributed by atoms with Crippen LogP contribution < -0.4 is 10.1 Å². The standard InChI is InChI=1S/C11H12FNO/c1-14-10-4-2-3-9(11(10)12)8-5-6-13-7-8/h2-5,13H,6-7H2,1H3. The quantitative estimate of drug-likeness (QED) is 0.773. The first-order chi connectivity index (χ1) is 6.83. The zero-order chi connectivity index (χ0) is 9.97. The monoisotopic (exact) mass is 193 g/mol. The molecule has 2 nitrogen and oxygen atoms in total. The Morgan fingerprint density at radius 3 is 2.93 bits per heavy atom. The molecule has 2 rings (SSSR count). The van der Waals surface area contributed by atoms with Crippen LogP contribution in [0.25, 0.3) is 5.57 Å². The third kappa shape index (κ3) is 1.51. The second-order valence-corrected chi connectivity index (χ2v) is 3.18. The Morgan fingerprint density at radius 2 is 2.29 bits per heavy atom. The van der Waals surface area contributed by atoms with Gasteiger partial charge in [-0.2, -0.15) is 0 Å². The first kappa shape index (κ1) is 9.21. The summed E-state index contributed by atoms with van der Waals surface area (Å²) in [6, 6.07) is 5.20. The molecule has 0 radical (unpaired) electrons. The predicted octanol–water partition coefficient (Wildman–Crippen LogP) is 1.82. The molecule has 0 fully saturated rings. The van der Waals surface area contributed by atoms with E-state index < -0.39 is 0 Å². The normalized spacial score (nSPS) is 15.4. The fraction of sp³-hybridized carbons (Fsp3) is 0.273. The summed E-state index contributed by atoms with van der Waals surface area (Å²) < 4.78 is 18.7. The van der Waals surface area contributed by atoms with Gasteiger partial charge < -0.3 is 10.1 Å². The molecule has 1 N–H and O–H groups in total. The molecule has 0 saturated heterocycles. The zero-order valence-electron chi connectivity index (χ0n) is 8.01. The van der Waals surface area contributed by atoms with Crippen molar-refractivity contribution in [3.8, 4) is 5.75 Å². The molecule has 1 heterocycles. The molecule has 1 aromatic carbocycles. The fourth-order valence-electron chi connectivity index (χ4n) is 1.60. The highest BCUT2D eigenvalue weighted by molar-refractivity contribution is 5.70. The topological polar surface area (TPSA) is 21.3 Å². The zero-order valence-corrected chi connectivity index (χ0v) is 8.01. The molecule has 14 heavy (non-hydrogen) atoms. The van der Waals surface area contributed by atoms with Gasteiger partial charge in [0, 0.05) is 18.7 Å². The number of halogens is 1. The van der Waals surface area contributed by atoms with Crippen LogP contribution in [0.1, 0.15) is 5.56 Å². The smallest absolute Gasteiger partial charge is 0.172 e.